The average molecular weight is 382 g/mol. The maximum Gasteiger partial charge on any atom is 0.241 e. The number of fused-ring (bicyclic) bond motifs is 1. The van der Waals surface area contributed by atoms with Crippen LogP contribution >= 0.6 is 11.3 Å². The number of rotatable bonds is 5. The molecule has 25 heavy (non-hydrogen) atoms. The zero-order valence-corrected chi connectivity index (χ0v) is 16.1. The van der Waals surface area contributed by atoms with Crippen molar-refractivity contribution in [1.29, 1.82) is 0 Å². The quantitative estimate of drug-likeness (QED) is 0.864. The molecule has 0 atom stereocenters. The topological polar surface area (TPSA) is 79.4 Å². The summed E-state index contributed by atoms with van der Waals surface area (Å²) in [7, 11) is -1.96. The molecule has 1 N–H and O–H groups in total. The van der Waals surface area contributed by atoms with Crippen LogP contribution in [0.25, 0.3) is 10.2 Å². The lowest BCUT2D eigenvalue weighted by Gasteiger charge is -2.31. The van der Waals surface area contributed by atoms with Crippen LogP contribution in [0.3, 0.4) is 0 Å². The summed E-state index contributed by atoms with van der Waals surface area (Å²) in [6.07, 6.45) is 5.46. The normalized spacial score (nSPS) is 16.2. The molecule has 2 aromatic rings. The molecule has 1 aliphatic rings. The van der Waals surface area contributed by atoms with Gasteiger partial charge in [0.15, 0.2) is 0 Å². The number of sulfonamides is 1. The van der Waals surface area contributed by atoms with Crippen molar-refractivity contribution < 1.29 is 13.2 Å². The van der Waals surface area contributed by atoms with Gasteiger partial charge in [0.05, 0.1) is 26.7 Å². The zero-order valence-electron chi connectivity index (χ0n) is 14.5. The zero-order chi connectivity index (χ0) is 18.0. The van der Waals surface area contributed by atoms with Crippen LogP contribution in [0.1, 0.15) is 37.1 Å². The molecular weight excluding hydrogens is 358 g/mol. The molecule has 0 unspecified atom stereocenters. The van der Waals surface area contributed by atoms with Crippen molar-refractivity contribution in [3.8, 4) is 0 Å². The van der Waals surface area contributed by atoms with E-state index >= 15 is 0 Å². The van der Waals surface area contributed by atoms with Crippen molar-refractivity contribution >= 4 is 37.5 Å². The third kappa shape index (κ3) is 4.19. The minimum absolute atomic E-state index is 0.164. The largest absolute Gasteiger partial charge is 0.342 e. The molecular formula is C17H23N3O3S2. The van der Waals surface area contributed by atoms with Crippen LogP contribution in [0.4, 0.5) is 0 Å². The van der Waals surface area contributed by atoms with Gasteiger partial charge in [-0.2, -0.15) is 0 Å². The van der Waals surface area contributed by atoms with Crippen molar-refractivity contribution in [3.05, 3.63) is 23.2 Å². The van der Waals surface area contributed by atoms with Crippen LogP contribution in [-0.2, 0) is 14.8 Å². The van der Waals surface area contributed by atoms with E-state index < -0.39 is 10.0 Å². The summed E-state index contributed by atoms with van der Waals surface area (Å²) in [5, 5.41) is 0.891. The number of hydrogen-bond acceptors (Lipinski definition) is 5. The number of benzene rings is 1. The Morgan fingerprint density at radius 3 is 2.76 bits per heavy atom. The predicted molar refractivity (Wildman–Crippen MR) is 99.2 cm³/mol. The van der Waals surface area contributed by atoms with Gasteiger partial charge in [0, 0.05) is 13.1 Å². The highest BCUT2D eigenvalue weighted by Gasteiger charge is 2.24. The van der Waals surface area contributed by atoms with Crippen LogP contribution in [0, 0.1) is 6.92 Å². The lowest BCUT2D eigenvalue weighted by Crippen LogP contribution is -2.43. The fourth-order valence-electron chi connectivity index (χ4n) is 3.22. The molecule has 1 aromatic carbocycles. The van der Waals surface area contributed by atoms with Gasteiger partial charge in [-0.05, 0) is 38.0 Å². The maximum atomic E-state index is 12.5. The molecule has 1 saturated carbocycles. The van der Waals surface area contributed by atoms with Gasteiger partial charge < -0.3 is 4.90 Å². The number of likely N-dealkylation sites (N-methyl/N-ethyl adjacent to an activating group) is 1. The van der Waals surface area contributed by atoms with E-state index in [4.69, 9.17) is 0 Å². The van der Waals surface area contributed by atoms with Crippen molar-refractivity contribution in [1.82, 2.24) is 14.6 Å². The number of amides is 1. The van der Waals surface area contributed by atoms with Gasteiger partial charge in [-0.15, -0.1) is 11.3 Å². The fourth-order valence-corrected chi connectivity index (χ4v) is 5.17. The Bertz CT molecular complexity index is 870. The molecule has 8 heteroatoms. The monoisotopic (exact) mass is 381 g/mol. The van der Waals surface area contributed by atoms with Gasteiger partial charge in [0.2, 0.25) is 15.9 Å². The second kappa shape index (κ2) is 7.39. The highest BCUT2D eigenvalue weighted by Crippen LogP contribution is 2.25. The minimum atomic E-state index is -3.72. The second-order valence-corrected chi connectivity index (χ2v) is 9.49. The molecule has 0 saturated heterocycles. The van der Waals surface area contributed by atoms with Gasteiger partial charge in [-0.3, -0.25) is 4.79 Å². The number of carbonyl (C=O) groups excluding carboxylic acids is 1. The molecule has 1 heterocycles. The average Bonchev–Trinajstić information content (AvgIpc) is 2.99. The number of nitrogens with one attached hydrogen (secondary N) is 1. The number of nitrogens with zero attached hydrogens (tertiary/aromatic N) is 2. The van der Waals surface area contributed by atoms with Gasteiger partial charge in [0.1, 0.15) is 0 Å². The van der Waals surface area contributed by atoms with Crippen molar-refractivity contribution in [2.24, 2.45) is 0 Å². The first-order valence-electron chi connectivity index (χ1n) is 8.49. The first-order chi connectivity index (χ1) is 11.9. The van der Waals surface area contributed by atoms with E-state index in [2.05, 4.69) is 9.71 Å². The maximum absolute atomic E-state index is 12.5. The Morgan fingerprint density at radius 1 is 1.32 bits per heavy atom. The fraction of sp³-hybridized carbons (Fsp3) is 0.529. The van der Waals surface area contributed by atoms with Gasteiger partial charge >= 0.3 is 0 Å². The third-order valence-corrected chi connectivity index (χ3v) is 7.04. The summed E-state index contributed by atoms with van der Waals surface area (Å²) < 4.78 is 28.2. The smallest absolute Gasteiger partial charge is 0.241 e. The molecule has 1 aliphatic carbocycles. The number of thiazole rings is 1. The molecule has 0 spiro atoms. The van der Waals surface area contributed by atoms with Crippen LogP contribution in [0.15, 0.2) is 23.1 Å². The van der Waals surface area contributed by atoms with Crippen LogP contribution in [-0.4, -0.2) is 43.8 Å². The molecule has 0 bridgehead atoms. The first kappa shape index (κ1) is 18.3. The predicted octanol–water partition coefficient (Wildman–Crippen LogP) is 2.67. The summed E-state index contributed by atoms with van der Waals surface area (Å²) in [5.41, 5.74) is 0.787. The Labute approximate surface area is 152 Å². The number of aromatic nitrogens is 1. The highest BCUT2D eigenvalue weighted by molar-refractivity contribution is 7.89. The molecule has 3 rings (SSSR count). The molecule has 6 nitrogen and oxygen atoms in total. The first-order valence-corrected chi connectivity index (χ1v) is 10.8. The molecule has 1 fully saturated rings. The minimum Gasteiger partial charge on any atom is -0.342 e. The molecule has 1 amide bonds. The van der Waals surface area contributed by atoms with Crippen LogP contribution < -0.4 is 4.72 Å². The summed E-state index contributed by atoms with van der Waals surface area (Å²) in [4.78, 5) is 18.5. The van der Waals surface area contributed by atoms with E-state index in [1.54, 1.807) is 24.1 Å². The van der Waals surface area contributed by atoms with E-state index in [1.165, 1.54) is 23.8 Å². The van der Waals surface area contributed by atoms with E-state index in [0.29, 0.717) is 0 Å². The third-order valence-electron chi connectivity index (χ3n) is 4.71. The SMILES string of the molecule is Cc1nc2ccc(S(=O)(=O)NCC(=O)N(C)C3CCCCC3)cc2s1. The number of hydrogen-bond donors (Lipinski definition) is 1. The standard InChI is InChI=1S/C17H23N3O3S2/c1-12-19-15-9-8-14(10-16(15)24-12)25(22,23)18-11-17(21)20(2)13-6-4-3-5-7-13/h8-10,13,18H,3-7,11H2,1-2H3. The Morgan fingerprint density at radius 2 is 2.04 bits per heavy atom. The van der Waals surface area contributed by atoms with Crippen molar-refractivity contribution in [3.63, 3.8) is 0 Å². The summed E-state index contributed by atoms with van der Waals surface area (Å²) in [5.74, 6) is -0.190. The molecule has 1 aromatic heterocycles. The summed E-state index contributed by atoms with van der Waals surface area (Å²) in [6.45, 7) is 1.67. The van der Waals surface area contributed by atoms with Gasteiger partial charge in [-0.1, -0.05) is 19.3 Å². The lowest BCUT2D eigenvalue weighted by atomic mass is 9.94. The van der Waals surface area contributed by atoms with Gasteiger partial charge in [0.25, 0.3) is 0 Å². The van der Waals surface area contributed by atoms with Crippen LogP contribution in [0.2, 0.25) is 0 Å². The Kier molecular flexibility index (Phi) is 5.41. The van der Waals surface area contributed by atoms with Crippen molar-refractivity contribution in [2.75, 3.05) is 13.6 Å². The number of aryl methyl sites for hydroxylation is 1. The Hall–Kier alpha value is -1.51. The Balaban J connectivity index is 1.66. The van der Waals surface area contributed by atoms with Crippen LogP contribution in [0.5, 0.6) is 0 Å². The molecule has 136 valence electrons. The van der Waals surface area contributed by atoms with E-state index in [9.17, 15) is 13.2 Å². The summed E-state index contributed by atoms with van der Waals surface area (Å²) >= 11 is 1.45. The lowest BCUT2D eigenvalue weighted by molar-refractivity contribution is -0.131. The summed E-state index contributed by atoms with van der Waals surface area (Å²) in [6, 6.07) is 5.06. The van der Waals surface area contributed by atoms with E-state index in [1.807, 2.05) is 6.92 Å². The molecule has 0 radical (unpaired) electrons. The second-order valence-electron chi connectivity index (χ2n) is 6.48. The highest BCUT2D eigenvalue weighted by atomic mass is 32.2. The van der Waals surface area contributed by atoms with E-state index in [0.717, 1.165) is 40.9 Å². The molecule has 0 aliphatic heterocycles. The van der Waals surface area contributed by atoms with Gasteiger partial charge in [-0.25, -0.2) is 18.1 Å². The number of carbonyl (C=O) groups is 1. The van der Waals surface area contributed by atoms with E-state index in [-0.39, 0.29) is 23.4 Å². The van der Waals surface area contributed by atoms with Crippen molar-refractivity contribution in [2.45, 2.75) is 50.0 Å².